The van der Waals surface area contributed by atoms with Gasteiger partial charge in [0.15, 0.2) is 15.8 Å². The third-order valence-electron chi connectivity index (χ3n) is 7.95. The van der Waals surface area contributed by atoms with Crippen molar-refractivity contribution in [3.8, 4) is 17.2 Å². The van der Waals surface area contributed by atoms with E-state index in [1.165, 1.54) is 35.9 Å². The molecule has 1 fully saturated rings. The fraction of sp³-hybridized carbons (Fsp3) is 0.314. The molecule has 2 atom stereocenters. The van der Waals surface area contributed by atoms with Crippen LogP contribution in [0.1, 0.15) is 55.5 Å². The normalized spacial score (nSPS) is 18.5. The maximum atomic E-state index is 13.8. The molecule has 1 N–H and O–H groups in total. The van der Waals surface area contributed by atoms with E-state index in [4.69, 9.17) is 14.2 Å². The third-order valence-corrected chi connectivity index (χ3v) is 10.1. The van der Waals surface area contributed by atoms with Crippen LogP contribution >= 0.6 is 23.1 Å². The quantitative estimate of drug-likeness (QED) is 0.0574. The molecular formula is C35H34FN3O6S2. The lowest BCUT2D eigenvalue weighted by molar-refractivity contribution is -0.132. The number of anilines is 1. The van der Waals surface area contributed by atoms with E-state index in [-0.39, 0.29) is 28.4 Å². The van der Waals surface area contributed by atoms with E-state index >= 15 is 0 Å². The number of carbonyl (C=O) groups is 2. The van der Waals surface area contributed by atoms with Crippen LogP contribution in [0.15, 0.2) is 70.6 Å². The number of ether oxygens (including phenoxy) is 3. The number of Topliss-reactive ketones (excluding diaryl/α,β-unsaturated/α-hetero) is 1. The molecule has 6 rings (SSSR count). The second-order valence-corrected chi connectivity index (χ2v) is 14.0. The first-order valence-electron chi connectivity index (χ1n) is 15.2. The molecule has 4 aromatic rings. The number of methoxy groups -OCH3 is 1. The van der Waals surface area contributed by atoms with Crippen LogP contribution in [0, 0.1) is 11.7 Å². The van der Waals surface area contributed by atoms with Gasteiger partial charge in [0.05, 0.1) is 25.3 Å². The van der Waals surface area contributed by atoms with E-state index in [9.17, 15) is 19.1 Å². The van der Waals surface area contributed by atoms with E-state index in [2.05, 4.69) is 24.0 Å². The van der Waals surface area contributed by atoms with Gasteiger partial charge in [0.1, 0.15) is 23.4 Å². The number of amides is 1. The van der Waals surface area contributed by atoms with E-state index < -0.39 is 17.7 Å². The number of carbonyl (C=O) groups excluding carboxylic acids is 2. The number of nitrogens with zero attached hydrogens (tertiary/aromatic N) is 3. The van der Waals surface area contributed by atoms with Crippen LogP contribution < -0.4 is 19.1 Å². The number of aromatic nitrogens is 2. The van der Waals surface area contributed by atoms with E-state index in [1.807, 2.05) is 6.92 Å². The minimum atomic E-state index is -1.03. The zero-order valence-electron chi connectivity index (χ0n) is 26.4. The first kappa shape index (κ1) is 32.5. The van der Waals surface area contributed by atoms with Gasteiger partial charge in [0, 0.05) is 17.7 Å². The lowest BCUT2D eigenvalue weighted by Crippen LogP contribution is -2.29. The average Bonchev–Trinajstić information content (AvgIpc) is 3.75. The van der Waals surface area contributed by atoms with Crippen molar-refractivity contribution in [2.75, 3.05) is 18.6 Å². The molecule has 1 saturated heterocycles. The molecule has 2 aliphatic heterocycles. The molecule has 0 radical (unpaired) electrons. The van der Waals surface area contributed by atoms with Crippen molar-refractivity contribution in [3.05, 3.63) is 94.3 Å². The Morgan fingerprint density at radius 2 is 1.89 bits per heavy atom. The number of halogens is 1. The zero-order valence-corrected chi connectivity index (χ0v) is 28.0. The van der Waals surface area contributed by atoms with Crippen LogP contribution in [0.3, 0.4) is 0 Å². The summed E-state index contributed by atoms with van der Waals surface area (Å²) in [6, 6.07) is 15.6. The van der Waals surface area contributed by atoms with Crippen molar-refractivity contribution < 1.29 is 33.3 Å². The number of ketones is 1. The second kappa shape index (κ2) is 13.7. The van der Waals surface area contributed by atoms with Crippen LogP contribution in [0.4, 0.5) is 9.52 Å². The zero-order chi connectivity index (χ0) is 33.2. The molecule has 0 aliphatic carbocycles. The van der Waals surface area contributed by atoms with Gasteiger partial charge in [-0.1, -0.05) is 55.1 Å². The Hall–Kier alpha value is -4.42. The number of aliphatic hydroxyl groups is 1. The van der Waals surface area contributed by atoms with Gasteiger partial charge >= 0.3 is 5.91 Å². The number of thioether (sulfide) groups is 1. The lowest BCUT2D eigenvalue weighted by Gasteiger charge is -2.23. The number of benzene rings is 3. The minimum absolute atomic E-state index is 0.00533. The SMILES string of the molecule is COc1cc(C2/C(=C(\O)c3ccc4c(c3)CC(C)O4)C(=O)C(=O)N2c2nnc(SCc3ccc(F)cc3)s2)ccc1OCCC(C)C. The Bertz CT molecular complexity index is 1840. The first-order chi connectivity index (χ1) is 22.6. The van der Waals surface area contributed by atoms with Gasteiger partial charge in [-0.3, -0.25) is 14.5 Å². The summed E-state index contributed by atoms with van der Waals surface area (Å²) in [4.78, 5) is 28.8. The second-order valence-electron chi connectivity index (χ2n) is 11.8. The predicted molar refractivity (Wildman–Crippen MR) is 179 cm³/mol. The van der Waals surface area contributed by atoms with Gasteiger partial charge in [0.2, 0.25) is 5.13 Å². The van der Waals surface area contributed by atoms with Crippen molar-refractivity contribution >= 4 is 45.7 Å². The summed E-state index contributed by atoms with van der Waals surface area (Å²) in [5.74, 6) is 0.342. The highest BCUT2D eigenvalue weighted by Gasteiger charge is 2.48. The Morgan fingerprint density at radius 3 is 2.64 bits per heavy atom. The first-order valence-corrected chi connectivity index (χ1v) is 17.1. The van der Waals surface area contributed by atoms with E-state index in [0.717, 1.165) is 34.6 Å². The van der Waals surface area contributed by atoms with Crippen molar-refractivity contribution in [3.63, 3.8) is 0 Å². The van der Waals surface area contributed by atoms with Gasteiger partial charge in [-0.25, -0.2) is 4.39 Å². The molecule has 0 saturated carbocycles. The summed E-state index contributed by atoms with van der Waals surface area (Å²) in [5.41, 5.74) is 2.65. The molecule has 9 nitrogen and oxygen atoms in total. The van der Waals surface area contributed by atoms with Crippen molar-refractivity contribution in [2.24, 2.45) is 5.92 Å². The van der Waals surface area contributed by atoms with Gasteiger partial charge in [-0.2, -0.15) is 0 Å². The molecular weight excluding hydrogens is 642 g/mol. The molecule has 3 aromatic carbocycles. The molecule has 1 aromatic heterocycles. The van der Waals surface area contributed by atoms with E-state index in [1.54, 1.807) is 48.5 Å². The summed E-state index contributed by atoms with van der Waals surface area (Å²) in [6.45, 7) is 6.68. The van der Waals surface area contributed by atoms with Gasteiger partial charge < -0.3 is 19.3 Å². The molecule has 2 unspecified atom stereocenters. The molecule has 3 heterocycles. The summed E-state index contributed by atoms with van der Waals surface area (Å²) >= 11 is 2.53. The Labute approximate surface area is 280 Å². The molecule has 244 valence electrons. The van der Waals surface area contributed by atoms with Crippen molar-refractivity contribution in [2.45, 2.75) is 55.9 Å². The molecule has 0 spiro atoms. The number of fused-ring (bicyclic) bond motifs is 1. The van der Waals surface area contributed by atoms with Crippen LogP contribution in [-0.2, 0) is 21.8 Å². The van der Waals surface area contributed by atoms with Gasteiger partial charge in [0.25, 0.3) is 5.78 Å². The van der Waals surface area contributed by atoms with Gasteiger partial charge in [-0.05, 0) is 78.4 Å². The maximum absolute atomic E-state index is 13.8. The Balaban J connectivity index is 1.39. The highest BCUT2D eigenvalue weighted by molar-refractivity contribution is 8.00. The van der Waals surface area contributed by atoms with Crippen LogP contribution in [0.2, 0.25) is 0 Å². The van der Waals surface area contributed by atoms with E-state index in [0.29, 0.717) is 51.7 Å². The monoisotopic (exact) mass is 675 g/mol. The topological polar surface area (TPSA) is 111 Å². The number of rotatable bonds is 11. The lowest BCUT2D eigenvalue weighted by atomic mass is 9.94. The number of hydrogen-bond donors (Lipinski definition) is 1. The minimum Gasteiger partial charge on any atom is -0.507 e. The largest absolute Gasteiger partial charge is 0.507 e. The summed E-state index contributed by atoms with van der Waals surface area (Å²) in [6.07, 6.45) is 1.51. The Kier molecular flexibility index (Phi) is 9.51. The third kappa shape index (κ3) is 6.84. The number of hydrogen-bond acceptors (Lipinski definition) is 10. The molecule has 47 heavy (non-hydrogen) atoms. The van der Waals surface area contributed by atoms with Crippen LogP contribution in [0.25, 0.3) is 5.76 Å². The predicted octanol–water partition coefficient (Wildman–Crippen LogP) is 7.35. The molecule has 12 heteroatoms. The summed E-state index contributed by atoms with van der Waals surface area (Å²) in [7, 11) is 1.52. The highest BCUT2D eigenvalue weighted by Crippen LogP contribution is 2.46. The number of aliphatic hydroxyl groups excluding tert-OH is 1. The molecule has 1 amide bonds. The van der Waals surface area contributed by atoms with Gasteiger partial charge in [-0.15, -0.1) is 10.2 Å². The standard InChI is InChI=1S/C35H34FN3O6S2/c1-19(2)13-14-44-27-12-7-22(17-28(27)43-4)30-29(31(40)23-8-11-26-24(16-23)15-20(3)45-26)32(41)33(42)39(30)34-37-38-35(47-34)46-18-21-5-9-25(36)10-6-21/h5-12,16-17,19-20,30,40H,13-15,18H2,1-4H3/b31-29+. The fourth-order valence-corrected chi connectivity index (χ4v) is 7.36. The smallest absolute Gasteiger partial charge is 0.301 e. The maximum Gasteiger partial charge on any atom is 0.301 e. The summed E-state index contributed by atoms with van der Waals surface area (Å²) < 4.78 is 31.4. The van der Waals surface area contributed by atoms with Crippen LogP contribution in [-0.4, -0.2) is 46.8 Å². The van der Waals surface area contributed by atoms with Crippen molar-refractivity contribution in [1.29, 1.82) is 0 Å². The molecule has 0 bridgehead atoms. The Morgan fingerprint density at radius 1 is 1.11 bits per heavy atom. The summed E-state index contributed by atoms with van der Waals surface area (Å²) in [5, 5.41) is 20.5. The van der Waals surface area contributed by atoms with Crippen molar-refractivity contribution in [1.82, 2.24) is 10.2 Å². The fourth-order valence-electron chi connectivity index (χ4n) is 5.53. The average molecular weight is 676 g/mol. The molecule has 2 aliphatic rings. The van der Waals surface area contributed by atoms with Crippen LogP contribution in [0.5, 0.6) is 17.2 Å². The highest BCUT2D eigenvalue weighted by atomic mass is 32.2.